The van der Waals surface area contributed by atoms with Gasteiger partial charge in [0.1, 0.15) is 12.4 Å². The number of hydrogen-bond donors (Lipinski definition) is 0. The fourth-order valence-electron chi connectivity index (χ4n) is 4.55. The number of hydrogen-bond acceptors (Lipinski definition) is 4. The molecule has 1 fully saturated rings. The van der Waals surface area contributed by atoms with E-state index in [2.05, 4.69) is 6.07 Å². The highest BCUT2D eigenvalue weighted by atomic mass is 16.5. The van der Waals surface area contributed by atoms with Crippen LogP contribution in [0.5, 0.6) is 5.75 Å². The van der Waals surface area contributed by atoms with Gasteiger partial charge in [0.15, 0.2) is 0 Å². The van der Waals surface area contributed by atoms with Crippen LogP contribution in [-0.4, -0.2) is 25.5 Å². The quantitative estimate of drug-likeness (QED) is 0.717. The molecule has 0 N–H and O–H groups in total. The summed E-state index contributed by atoms with van der Waals surface area (Å²) in [6.45, 7) is 0.852. The zero-order valence-corrected chi connectivity index (χ0v) is 16.8. The molecule has 1 aliphatic carbocycles. The van der Waals surface area contributed by atoms with Crippen LogP contribution in [0.15, 0.2) is 48.5 Å². The molecule has 1 heterocycles. The Morgan fingerprint density at radius 3 is 2.55 bits per heavy atom. The van der Waals surface area contributed by atoms with Crippen LogP contribution in [0.2, 0.25) is 0 Å². The fraction of sp³-hybridized carbons (Fsp3) is 0.417. The van der Waals surface area contributed by atoms with Crippen LogP contribution in [0.25, 0.3) is 0 Å². The Balaban J connectivity index is 1.46. The van der Waals surface area contributed by atoms with Gasteiger partial charge in [-0.05, 0) is 37.0 Å². The molecule has 152 valence electrons. The molecule has 4 rings (SSSR count). The Morgan fingerprint density at radius 2 is 1.72 bits per heavy atom. The first-order valence-electron chi connectivity index (χ1n) is 10.4. The number of fused-ring (bicyclic) bond motifs is 1. The second kappa shape index (κ2) is 8.68. The molecule has 1 amide bonds. The van der Waals surface area contributed by atoms with E-state index in [-0.39, 0.29) is 30.3 Å². The number of nitrogens with zero attached hydrogens (tertiary/aromatic N) is 1. The predicted molar refractivity (Wildman–Crippen MR) is 111 cm³/mol. The summed E-state index contributed by atoms with van der Waals surface area (Å²) in [5.74, 6) is -0.195. The van der Waals surface area contributed by atoms with Crippen molar-refractivity contribution in [3.63, 3.8) is 0 Å². The van der Waals surface area contributed by atoms with Gasteiger partial charge in [-0.3, -0.25) is 9.59 Å². The van der Waals surface area contributed by atoms with Gasteiger partial charge in [-0.25, -0.2) is 0 Å². The standard InChI is InChI=1S/C24H27NO4/c1-28-22-13-7-3-9-18(22)16-29-24(27)20-11-5-4-10-19(20)23(26)25-15-14-17-8-2-6-12-21(17)25/h2-3,6-9,12-13,19-20H,4-5,10-11,14-16H2,1H3. The van der Waals surface area contributed by atoms with Gasteiger partial charge in [0.2, 0.25) is 5.91 Å². The SMILES string of the molecule is COc1ccccc1COC(=O)C1CCCCC1C(=O)N1CCc2ccccc21. The number of amides is 1. The number of anilines is 1. The number of carbonyl (C=O) groups is 2. The molecule has 29 heavy (non-hydrogen) atoms. The minimum atomic E-state index is -0.376. The van der Waals surface area contributed by atoms with Gasteiger partial charge in [-0.2, -0.15) is 0 Å². The maximum absolute atomic E-state index is 13.4. The third-order valence-electron chi connectivity index (χ3n) is 6.10. The Bertz CT molecular complexity index is 894. The number of carbonyl (C=O) groups excluding carboxylic acids is 2. The molecule has 2 atom stereocenters. The Morgan fingerprint density at radius 1 is 1.00 bits per heavy atom. The lowest BCUT2D eigenvalue weighted by atomic mass is 9.78. The zero-order valence-electron chi connectivity index (χ0n) is 16.8. The molecule has 2 aromatic rings. The molecular formula is C24H27NO4. The van der Waals surface area contributed by atoms with Crippen molar-refractivity contribution in [1.82, 2.24) is 0 Å². The summed E-state index contributed by atoms with van der Waals surface area (Å²) in [4.78, 5) is 28.1. The molecule has 2 aliphatic rings. The highest BCUT2D eigenvalue weighted by Crippen LogP contribution is 2.36. The van der Waals surface area contributed by atoms with Crippen LogP contribution in [-0.2, 0) is 27.4 Å². The minimum absolute atomic E-state index is 0.0638. The van der Waals surface area contributed by atoms with Gasteiger partial charge in [-0.1, -0.05) is 49.2 Å². The van der Waals surface area contributed by atoms with Gasteiger partial charge in [0.05, 0.1) is 18.9 Å². The van der Waals surface area contributed by atoms with Crippen molar-refractivity contribution in [2.45, 2.75) is 38.7 Å². The highest BCUT2D eigenvalue weighted by Gasteiger charge is 2.40. The van der Waals surface area contributed by atoms with Crippen molar-refractivity contribution < 1.29 is 19.1 Å². The first-order chi connectivity index (χ1) is 14.2. The molecule has 1 aliphatic heterocycles. The lowest BCUT2D eigenvalue weighted by Gasteiger charge is -2.32. The lowest BCUT2D eigenvalue weighted by molar-refractivity contribution is -0.155. The van der Waals surface area contributed by atoms with Gasteiger partial charge in [-0.15, -0.1) is 0 Å². The molecule has 0 saturated heterocycles. The third-order valence-corrected chi connectivity index (χ3v) is 6.10. The van der Waals surface area contributed by atoms with E-state index in [9.17, 15) is 9.59 Å². The topological polar surface area (TPSA) is 55.8 Å². The molecule has 2 aromatic carbocycles. The number of esters is 1. The largest absolute Gasteiger partial charge is 0.496 e. The summed E-state index contributed by atoms with van der Waals surface area (Å²) in [5, 5.41) is 0. The number of rotatable bonds is 5. The molecule has 5 heteroatoms. The Labute approximate surface area is 171 Å². The Kier molecular flexibility index (Phi) is 5.84. The number of methoxy groups -OCH3 is 1. The summed E-state index contributed by atoms with van der Waals surface area (Å²) in [6, 6.07) is 15.5. The molecule has 1 saturated carbocycles. The van der Waals surface area contributed by atoms with Crippen molar-refractivity contribution in [3.8, 4) is 5.75 Å². The van der Waals surface area contributed by atoms with E-state index >= 15 is 0 Å². The molecule has 0 radical (unpaired) electrons. The van der Waals surface area contributed by atoms with Crippen LogP contribution >= 0.6 is 0 Å². The van der Waals surface area contributed by atoms with Gasteiger partial charge in [0, 0.05) is 17.8 Å². The normalized spacial score (nSPS) is 20.8. The average molecular weight is 393 g/mol. The fourth-order valence-corrected chi connectivity index (χ4v) is 4.55. The first-order valence-corrected chi connectivity index (χ1v) is 10.4. The zero-order chi connectivity index (χ0) is 20.2. The number of ether oxygens (including phenoxy) is 2. The molecule has 0 bridgehead atoms. The monoisotopic (exact) mass is 393 g/mol. The van der Waals surface area contributed by atoms with Crippen molar-refractivity contribution in [2.24, 2.45) is 11.8 Å². The van der Waals surface area contributed by atoms with E-state index in [4.69, 9.17) is 9.47 Å². The van der Waals surface area contributed by atoms with Crippen LogP contribution < -0.4 is 9.64 Å². The summed E-state index contributed by atoms with van der Waals surface area (Å²) < 4.78 is 11.0. The van der Waals surface area contributed by atoms with Crippen molar-refractivity contribution in [3.05, 3.63) is 59.7 Å². The van der Waals surface area contributed by atoms with E-state index in [1.165, 1.54) is 5.56 Å². The smallest absolute Gasteiger partial charge is 0.310 e. The third kappa shape index (κ3) is 4.00. The average Bonchev–Trinajstić information content (AvgIpc) is 3.21. The van der Waals surface area contributed by atoms with Gasteiger partial charge < -0.3 is 14.4 Å². The molecule has 2 unspecified atom stereocenters. The van der Waals surface area contributed by atoms with E-state index in [1.54, 1.807) is 7.11 Å². The van der Waals surface area contributed by atoms with E-state index < -0.39 is 0 Å². The van der Waals surface area contributed by atoms with Crippen LogP contribution in [0, 0.1) is 11.8 Å². The summed E-state index contributed by atoms with van der Waals surface area (Å²) >= 11 is 0. The summed E-state index contributed by atoms with van der Waals surface area (Å²) in [6.07, 6.45) is 4.25. The maximum atomic E-state index is 13.4. The van der Waals surface area contributed by atoms with Crippen molar-refractivity contribution in [1.29, 1.82) is 0 Å². The van der Waals surface area contributed by atoms with E-state index in [0.29, 0.717) is 18.7 Å². The number of benzene rings is 2. The first kappa shape index (κ1) is 19.5. The van der Waals surface area contributed by atoms with Gasteiger partial charge in [0.25, 0.3) is 0 Å². The van der Waals surface area contributed by atoms with Crippen LogP contribution in [0.1, 0.15) is 36.8 Å². The second-order valence-electron chi connectivity index (χ2n) is 7.79. The van der Waals surface area contributed by atoms with E-state index in [1.807, 2.05) is 47.4 Å². The van der Waals surface area contributed by atoms with Gasteiger partial charge >= 0.3 is 5.97 Å². The van der Waals surface area contributed by atoms with Crippen LogP contribution in [0.4, 0.5) is 5.69 Å². The number of para-hydroxylation sites is 2. The minimum Gasteiger partial charge on any atom is -0.496 e. The maximum Gasteiger partial charge on any atom is 0.310 e. The molecule has 5 nitrogen and oxygen atoms in total. The molecular weight excluding hydrogens is 366 g/mol. The summed E-state index contributed by atoms with van der Waals surface area (Å²) in [5.41, 5.74) is 3.02. The second-order valence-corrected chi connectivity index (χ2v) is 7.79. The lowest BCUT2D eigenvalue weighted by Crippen LogP contribution is -2.42. The predicted octanol–water partition coefficient (Wildman–Crippen LogP) is 4.13. The Hall–Kier alpha value is -2.82. The summed E-state index contributed by atoms with van der Waals surface area (Å²) in [7, 11) is 1.60. The highest BCUT2D eigenvalue weighted by molar-refractivity contribution is 5.99. The van der Waals surface area contributed by atoms with E-state index in [0.717, 1.165) is 36.9 Å². The van der Waals surface area contributed by atoms with Crippen LogP contribution in [0.3, 0.4) is 0 Å². The van der Waals surface area contributed by atoms with Crippen molar-refractivity contribution >= 4 is 17.6 Å². The molecule has 0 spiro atoms. The van der Waals surface area contributed by atoms with Crippen molar-refractivity contribution in [2.75, 3.05) is 18.6 Å². The molecule has 0 aromatic heterocycles.